The molecule has 78 valence electrons. The van der Waals surface area contributed by atoms with Gasteiger partial charge in [0.1, 0.15) is 6.67 Å². The molecule has 0 aromatic rings. The molecule has 3 N–H and O–H groups in total. The van der Waals surface area contributed by atoms with Crippen molar-refractivity contribution < 1.29 is 14.2 Å². The Balaban J connectivity index is 2.47. The number of nitrogens with two attached hydrogens (primary N) is 1. The second kappa shape index (κ2) is 4.88. The van der Waals surface area contributed by atoms with E-state index in [0.717, 1.165) is 12.8 Å². The maximum absolute atomic E-state index is 12.1. The third-order valence-electron chi connectivity index (χ3n) is 2.83. The number of hydrogen-bond donors (Lipinski definition) is 2. The van der Waals surface area contributed by atoms with Gasteiger partial charge in [0.2, 0.25) is 0 Å². The monoisotopic (exact) mass is 191 g/mol. The van der Waals surface area contributed by atoms with Crippen LogP contribution in [0.4, 0.5) is 4.39 Å². The summed E-state index contributed by atoms with van der Waals surface area (Å²) in [4.78, 5) is 0. The largest absolute Gasteiger partial charge is 0.390 e. The van der Waals surface area contributed by atoms with E-state index in [0.29, 0.717) is 26.2 Å². The summed E-state index contributed by atoms with van der Waals surface area (Å²) in [7, 11) is 0. The molecule has 1 heterocycles. The minimum atomic E-state index is -0.860. The Morgan fingerprint density at radius 3 is 2.54 bits per heavy atom. The Morgan fingerprint density at radius 1 is 1.46 bits per heavy atom. The highest BCUT2D eigenvalue weighted by Gasteiger charge is 2.33. The van der Waals surface area contributed by atoms with Crippen LogP contribution in [0.3, 0.4) is 0 Å². The third-order valence-corrected chi connectivity index (χ3v) is 2.83. The van der Waals surface area contributed by atoms with Gasteiger partial charge < -0.3 is 15.6 Å². The quantitative estimate of drug-likeness (QED) is 0.679. The Hall–Kier alpha value is -0.190. The summed E-state index contributed by atoms with van der Waals surface area (Å²) in [6.07, 6.45) is 1.27. The van der Waals surface area contributed by atoms with Gasteiger partial charge in [0.15, 0.2) is 0 Å². The van der Waals surface area contributed by atoms with Crippen LogP contribution in [0.2, 0.25) is 0 Å². The minimum Gasteiger partial charge on any atom is -0.390 e. The molecule has 1 unspecified atom stereocenters. The van der Waals surface area contributed by atoms with E-state index in [1.54, 1.807) is 0 Å². The van der Waals surface area contributed by atoms with Gasteiger partial charge in [-0.2, -0.15) is 0 Å². The topological polar surface area (TPSA) is 55.5 Å². The molecule has 0 aliphatic carbocycles. The first-order valence-corrected chi connectivity index (χ1v) is 4.74. The molecule has 0 amide bonds. The summed E-state index contributed by atoms with van der Waals surface area (Å²) < 4.78 is 17.3. The second-order valence-corrected chi connectivity index (χ2v) is 3.83. The third kappa shape index (κ3) is 2.90. The van der Waals surface area contributed by atoms with Crippen LogP contribution >= 0.6 is 0 Å². The molecular weight excluding hydrogens is 173 g/mol. The normalized spacial score (nSPS) is 24.2. The molecule has 1 atom stereocenters. The van der Waals surface area contributed by atoms with E-state index in [1.165, 1.54) is 0 Å². The fourth-order valence-electron chi connectivity index (χ4n) is 1.85. The van der Waals surface area contributed by atoms with E-state index in [1.807, 2.05) is 0 Å². The maximum Gasteiger partial charge on any atom is 0.115 e. The molecule has 0 spiro atoms. The number of alkyl halides is 1. The van der Waals surface area contributed by atoms with E-state index >= 15 is 0 Å². The molecule has 1 rings (SSSR count). The van der Waals surface area contributed by atoms with Crippen LogP contribution in [0.5, 0.6) is 0 Å². The number of aliphatic hydroxyl groups is 1. The lowest BCUT2D eigenvalue weighted by molar-refractivity contribution is -0.0132. The van der Waals surface area contributed by atoms with Gasteiger partial charge in [-0.1, -0.05) is 0 Å². The van der Waals surface area contributed by atoms with Crippen LogP contribution in [0.1, 0.15) is 19.3 Å². The van der Waals surface area contributed by atoms with Gasteiger partial charge in [-0.3, -0.25) is 0 Å². The van der Waals surface area contributed by atoms with Crippen molar-refractivity contribution in [2.75, 3.05) is 26.4 Å². The van der Waals surface area contributed by atoms with Crippen LogP contribution in [-0.4, -0.2) is 37.6 Å². The summed E-state index contributed by atoms with van der Waals surface area (Å²) in [5.74, 6) is 0. The Morgan fingerprint density at radius 2 is 2.08 bits per heavy atom. The summed E-state index contributed by atoms with van der Waals surface area (Å²) in [5.41, 5.74) is 5.56. The van der Waals surface area contributed by atoms with E-state index in [9.17, 15) is 9.50 Å². The molecule has 1 fully saturated rings. The lowest BCUT2D eigenvalue weighted by atomic mass is 9.76. The number of halogens is 1. The first kappa shape index (κ1) is 10.9. The first-order valence-electron chi connectivity index (χ1n) is 4.74. The minimum absolute atomic E-state index is 0.0935. The lowest BCUT2D eigenvalue weighted by Gasteiger charge is -2.37. The second-order valence-electron chi connectivity index (χ2n) is 3.83. The highest BCUT2D eigenvalue weighted by molar-refractivity contribution is 4.85. The smallest absolute Gasteiger partial charge is 0.115 e. The van der Waals surface area contributed by atoms with Crippen molar-refractivity contribution in [3.8, 4) is 0 Å². The van der Waals surface area contributed by atoms with Crippen LogP contribution in [0.15, 0.2) is 0 Å². The van der Waals surface area contributed by atoms with Gasteiger partial charge in [0.05, 0.1) is 6.10 Å². The fourth-order valence-corrected chi connectivity index (χ4v) is 1.85. The molecule has 0 aromatic heterocycles. The molecule has 0 saturated carbocycles. The molecule has 1 aliphatic heterocycles. The lowest BCUT2D eigenvalue weighted by Crippen LogP contribution is -2.39. The summed E-state index contributed by atoms with van der Waals surface area (Å²) in [6.45, 7) is 1.18. The number of rotatable bonds is 4. The van der Waals surface area contributed by atoms with Gasteiger partial charge in [-0.25, -0.2) is 4.39 Å². The van der Waals surface area contributed by atoms with Crippen molar-refractivity contribution in [3.05, 3.63) is 0 Å². The van der Waals surface area contributed by atoms with Crippen LogP contribution < -0.4 is 5.73 Å². The number of aliphatic hydroxyl groups excluding tert-OH is 1. The molecule has 1 saturated heterocycles. The SMILES string of the molecule is NCC1(CC(O)CF)CCOCC1. The Labute approximate surface area is 78.1 Å². The molecule has 0 aromatic carbocycles. The van der Waals surface area contributed by atoms with E-state index in [4.69, 9.17) is 10.5 Å². The zero-order valence-corrected chi connectivity index (χ0v) is 7.84. The Kier molecular flexibility index (Phi) is 4.09. The predicted octanol–water partition coefficient (Wildman–Crippen LogP) is 0.462. The average Bonchev–Trinajstić information content (AvgIpc) is 2.19. The maximum atomic E-state index is 12.1. The van der Waals surface area contributed by atoms with Crippen molar-refractivity contribution in [1.82, 2.24) is 0 Å². The van der Waals surface area contributed by atoms with E-state index in [-0.39, 0.29) is 5.41 Å². The zero-order chi connectivity index (χ0) is 9.73. The molecule has 4 heteroatoms. The highest BCUT2D eigenvalue weighted by atomic mass is 19.1. The first-order chi connectivity index (χ1) is 6.22. The molecule has 0 bridgehead atoms. The van der Waals surface area contributed by atoms with Crippen LogP contribution in [0.25, 0.3) is 0 Å². The molecule has 0 radical (unpaired) electrons. The van der Waals surface area contributed by atoms with E-state index < -0.39 is 12.8 Å². The predicted molar refractivity (Wildman–Crippen MR) is 48.1 cm³/mol. The van der Waals surface area contributed by atoms with Crippen molar-refractivity contribution in [2.24, 2.45) is 11.1 Å². The Bertz CT molecular complexity index is 149. The van der Waals surface area contributed by atoms with Crippen LogP contribution in [-0.2, 0) is 4.74 Å². The zero-order valence-electron chi connectivity index (χ0n) is 7.84. The van der Waals surface area contributed by atoms with Crippen molar-refractivity contribution in [2.45, 2.75) is 25.4 Å². The summed E-state index contributed by atoms with van der Waals surface area (Å²) in [5, 5.41) is 9.24. The van der Waals surface area contributed by atoms with Gasteiger partial charge >= 0.3 is 0 Å². The van der Waals surface area contributed by atoms with Gasteiger partial charge in [-0.15, -0.1) is 0 Å². The van der Waals surface area contributed by atoms with Gasteiger partial charge in [0.25, 0.3) is 0 Å². The van der Waals surface area contributed by atoms with Crippen molar-refractivity contribution >= 4 is 0 Å². The van der Waals surface area contributed by atoms with Crippen LogP contribution in [0, 0.1) is 5.41 Å². The van der Waals surface area contributed by atoms with Gasteiger partial charge in [-0.05, 0) is 31.2 Å². The fraction of sp³-hybridized carbons (Fsp3) is 1.00. The summed E-state index contributed by atoms with van der Waals surface area (Å²) in [6, 6.07) is 0. The molecule has 1 aliphatic rings. The van der Waals surface area contributed by atoms with Crippen molar-refractivity contribution in [1.29, 1.82) is 0 Å². The number of hydrogen-bond acceptors (Lipinski definition) is 3. The molecular formula is C9H18FNO2. The van der Waals surface area contributed by atoms with E-state index in [2.05, 4.69) is 0 Å². The highest BCUT2D eigenvalue weighted by Crippen LogP contribution is 2.34. The van der Waals surface area contributed by atoms with Crippen molar-refractivity contribution in [3.63, 3.8) is 0 Å². The molecule has 3 nitrogen and oxygen atoms in total. The standard InChI is InChI=1S/C9H18FNO2/c10-6-8(12)5-9(7-11)1-3-13-4-2-9/h8,12H,1-7,11H2. The van der Waals surface area contributed by atoms with Gasteiger partial charge in [0, 0.05) is 13.2 Å². The average molecular weight is 191 g/mol. The summed E-state index contributed by atoms with van der Waals surface area (Å²) >= 11 is 0. The number of ether oxygens (including phenoxy) is 1. The molecule has 13 heavy (non-hydrogen) atoms.